The van der Waals surface area contributed by atoms with Gasteiger partial charge in [-0.1, -0.05) is 41.3 Å². The van der Waals surface area contributed by atoms with Crippen LogP contribution < -0.4 is 10.0 Å². The number of hydrogen-bond acceptors (Lipinski definition) is 10. The van der Waals surface area contributed by atoms with E-state index in [1.54, 1.807) is 11.6 Å². The van der Waals surface area contributed by atoms with Gasteiger partial charge in [0.05, 0.1) is 16.3 Å². The number of carbonyl (C=O) groups is 1. The number of nitrogens with one attached hydrogen (secondary N) is 2. The standard InChI is InChI=1S/C18H16N8O3S3/c1-12-20-21-17(31-12)23-32(28,29)15-9-7-13(8-10-15)19-16(27)11-30-18-22-24-25-26(18)14-5-3-2-4-6-14/h2-10H,11H2,1H3,(H,19,27)(H,21,23). The number of anilines is 2. The number of benzene rings is 2. The molecule has 32 heavy (non-hydrogen) atoms. The summed E-state index contributed by atoms with van der Waals surface area (Å²) >= 11 is 2.32. The Balaban J connectivity index is 1.35. The molecule has 2 aromatic carbocycles. The molecule has 14 heteroatoms. The Kier molecular flexibility index (Phi) is 6.43. The van der Waals surface area contributed by atoms with E-state index in [4.69, 9.17) is 0 Å². The summed E-state index contributed by atoms with van der Waals surface area (Å²) in [5.74, 6) is -0.207. The SMILES string of the molecule is Cc1nnc(NS(=O)(=O)c2ccc(NC(=O)CSc3nnnn3-c3ccccc3)cc2)s1. The van der Waals surface area contributed by atoms with Gasteiger partial charge in [-0.2, -0.15) is 4.68 Å². The molecule has 0 unspecified atom stereocenters. The van der Waals surface area contributed by atoms with Crippen molar-refractivity contribution in [1.82, 2.24) is 30.4 Å². The van der Waals surface area contributed by atoms with E-state index in [1.165, 1.54) is 36.0 Å². The first-order chi connectivity index (χ1) is 15.4. The van der Waals surface area contributed by atoms with Crippen LogP contribution in [0.5, 0.6) is 0 Å². The van der Waals surface area contributed by atoms with Crippen molar-refractivity contribution in [3.63, 3.8) is 0 Å². The molecule has 2 heterocycles. The van der Waals surface area contributed by atoms with Crippen molar-refractivity contribution in [2.75, 3.05) is 15.8 Å². The number of amides is 1. The van der Waals surface area contributed by atoms with E-state index < -0.39 is 10.0 Å². The molecule has 0 radical (unpaired) electrons. The molecule has 1 amide bonds. The Morgan fingerprint density at radius 1 is 1.06 bits per heavy atom. The molecular weight excluding hydrogens is 472 g/mol. The zero-order valence-electron chi connectivity index (χ0n) is 16.5. The van der Waals surface area contributed by atoms with E-state index >= 15 is 0 Å². The molecule has 164 valence electrons. The first kappa shape index (κ1) is 21.9. The minimum atomic E-state index is -3.80. The van der Waals surface area contributed by atoms with Crippen LogP contribution in [0.2, 0.25) is 0 Å². The number of thioether (sulfide) groups is 1. The molecule has 2 aromatic heterocycles. The topological polar surface area (TPSA) is 145 Å². The van der Waals surface area contributed by atoms with Crippen LogP contribution in [0.3, 0.4) is 0 Å². The van der Waals surface area contributed by atoms with Crippen molar-refractivity contribution in [3.05, 3.63) is 59.6 Å². The normalized spacial score (nSPS) is 11.3. The van der Waals surface area contributed by atoms with Gasteiger partial charge in [0.25, 0.3) is 10.0 Å². The van der Waals surface area contributed by atoms with Crippen LogP contribution >= 0.6 is 23.1 Å². The fourth-order valence-electron chi connectivity index (χ4n) is 2.56. The zero-order valence-corrected chi connectivity index (χ0v) is 19.0. The Morgan fingerprint density at radius 3 is 2.50 bits per heavy atom. The van der Waals surface area contributed by atoms with E-state index in [1.807, 2.05) is 30.3 Å². The highest BCUT2D eigenvalue weighted by Gasteiger charge is 2.17. The lowest BCUT2D eigenvalue weighted by atomic mass is 10.3. The number of hydrogen-bond donors (Lipinski definition) is 2. The highest BCUT2D eigenvalue weighted by Crippen LogP contribution is 2.21. The minimum absolute atomic E-state index is 0.0414. The summed E-state index contributed by atoms with van der Waals surface area (Å²) in [7, 11) is -3.80. The molecular formula is C18H16N8O3S3. The number of aromatic nitrogens is 6. The van der Waals surface area contributed by atoms with Crippen molar-refractivity contribution < 1.29 is 13.2 Å². The number of rotatable bonds is 8. The molecule has 2 N–H and O–H groups in total. The van der Waals surface area contributed by atoms with Crippen molar-refractivity contribution in [1.29, 1.82) is 0 Å². The fourth-order valence-corrected chi connectivity index (χ4v) is 5.07. The molecule has 11 nitrogen and oxygen atoms in total. The predicted molar refractivity (Wildman–Crippen MR) is 120 cm³/mol. The van der Waals surface area contributed by atoms with Crippen LogP contribution in [-0.2, 0) is 14.8 Å². The third-order valence-corrected chi connectivity index (χ3v) is 7.13. The van der Waals surface area contributed by atoms with Gasteiger partial charge >= 0.3 is 0 Å². The maximum atomic E-state index is 12.4. The molecule has 0 aliphatic rings. The van der Waals surface area contributed by atoms with Gasteiger partial charge in [-0.3, -0.25) is 9.52 Å². The van der Waals surface area contributed by atoms with Gasteiger partial charge in [-0.25, -0.2) is 8.42 Å². The Labute approximate surface area is 191 Å². The van der Waals surface area contributed by atoms with Crippen molar-refractivity contribution >= 4 is 49.8 Å². The lowest BCUT2D eigenvalue weighted by molar-refractivity contribution is -0.113. The highest BCUT2D eigenvalue weighted by molar-refractivity contribution is 7.99. The molecule has 4 aromatic rings. The molecule has 0 aliphatic carbocycles. The average molecular weight is 489 g/mol. The summed E-state index contributed by atoms with van der Waals surface area (Å²) in [6, 6.07) is 15.2. The summed E-state index contributed by atoms with van der Waals surface area (Å²) in [6.07, 6.45) is 0. The van der Waals surface area contributed by atoms with E-state index in [9.17, 15) is 13.2 Å². The monoisotopic (exact) mass is 488 g/mol. The smallest absolute Gasteiger partial charge is 0.263 e. The Morgan fingerprint density at radius 2 is 1.81 bits per heavy atom. The molecule has 0 fully saturated rings. The second-order valence-corrected chi connectivity index (χ2v) is 10.1. The Bertz CT molecular complexity index is 1320. The summed E-state index contributed by atoms with van der Waals surface area (Å²) < 4.78 is 28.8. The van der Waals surface area contributed by atoms with Crippen LogP contribution in [0.1, 0.15) is 5.01 Å². The largest absolute Gasteiger partial charge is 0.325 e. The van der Waals surface area contributed by atoms with Gasteiger partial charge in [-0.05, 0) is 53.7 Å². The van der Waals surface area contributed by atoms with Gasteiger partial charge < -0.3 is 5.32 Å². The predicted octanol–water partition coefficient (Wildman–Crippen LogP) is 2.35. The van der Waals surface area contributed by atoms with Gasteiger partial charge in [0.1, 0.15) is 5.01 Å². The molecule has 0 spiro atoms. The first-order valence-electron chi connectivity index (χ1n) is 9.10. The fraction of sp³-hybridized carbons (Fsp3) is 0.111. The third kappa shape index (κ3) is 5.27. The van der Waals surface area contributed by atoms with Crippen LogP contribution in [0, 0.1) is 6.92 Å². The summed E-state index contributed by atoms with van der Waals surface area (Å²) in [4.78, 5) is 12.4. The van der Waals surface area contributed by atoms with Gasteiger partial charge in [0.2, 0.25) is 16.2 Å². The zero-order chi connectivity index (χ0) is 22.6. The maximum absolute atomic E-state index is 12.4. The maximum Gasteiger partial charge on any atom is 0.263 e. The molecule has 0 saturated carbocycles. The highest BCUT2D eigenvalue weighted by atomic mass is 32.2. The number of sulfonamides is 1. The molecule has 0 saturated heterocycles. The molecule has 4 rings (SSSR count). The van der Waals surface area contributed by atoms with Gasteiger partial charge in [0.15, 0.2) is 0 Å². The number of aryl methyl sites for hydroxylation is 1. The number of nitrogens with zero attached hydrogens (tertiary/aromatic N) is 6. The third-order valence-electron chi connectivity index (χ3n) is 3.97. The van der Waals surface area contributed by atoms with Gasteiger partial charge in [-0.15, -0.1) is 15.3 Å². The molecule has 0 bridgehead atoms. The average Bonchev–Trinajstić information content (AvgIpc) is 3.41. The van der Waals surface area contributed by atoms with Crippen molar-refractivity contribution in [2.24, 2.45) is 0 Å². The number of tetrazole rings is 1. The van der Waals surface area contributed by atoms with Crippen LogP contribution in [0.15, 0.2) is 64.6 Å². The molecule has 0 aliphatic heterocycles. The number of carbonyl (C=O) groups excluding carboxylic acids is 1. The summed E-state index contributed by atoms with van der Waals surface area (Å²) in [5, 5.41) is 23.1. The second kappa shape index (κ2) is 9.42. The van der Waals surface area contributed by atoms with E-state index in [0.717, 1.165) is 17.0 Å². The van der Waals surface area contributed by atoms with Gasteiger partial charge in [0, 0.05) is 5.69 Å². The summed E-state index contributed by atoms with van der Waals surface area (Å²) in [6.45, 7) is 1.73. The van der Waals surface area contributed by atoms with Crippen molar-refractivity contribution in [2.45, 2.75) is 17.0 Å². The van der Waals surface area contributed by atoms with Crippen molar-refractivity contribution in [3.8, 4) is 5.69 Å². The lowest BCUT2D eigenvalue weighted by Crippen LogP contribution is -2.15. The summed E-state index contributed by atoms with van der Waals surface area (Å²) in [5.41, 5.74) is 1.25. The van der Waals surface area contributed by atoms with E-state index in [-0.39, 0.29) is 21.7 Å². The molecule has 0 atom stereocenters. The van der Waals surface area contributed by atoms with Crippen LogP contribution in [-0.4, -0.2) is 50.5 Å². The lowest BCUT2D eigenvalue weighted by Gasteiger charge is -2.08. The second-order valence-electron chi connectivity index (χ2n) is 6.30. The first-order valence-corrected chi connectivity index (χ1v) is 12.4. The minimum Gasteiger partial charge on any atom is -0.325 e. The van der Waals surface area contributed by atoms with Crippen LogP contribution in [0.25, 0.3) is 5.69 Å². The van der Waals surface area contributed by atoms with Crippen LogP contribution in [0.4, 0.5) is 10.8 Å². The number of para-hydroxylation sites is 1. The van der Waals surface area contributed by atoms with E-state index in [2.05, 4.69) is 35.8 Å². The Hall–Kier alpha value is -3.36. The quantitative estimate of drug-likeness (QED) is 0.357. The van der Waals surface area contributed by atoms with E-state index in [0.29, 0.717) is 15.9 Å².